The zero-order valence-corrected chi connectivity index (χ0v) is 24.8. The van der Waals surface area contributed by atoms with E-state index in [-0.39, 0.29) is 6.04 Å². The predicted octanol–water partition coefficient (Wildman–Crippen LogP) is 5.32. The maximum absolute atomic E-state index is 15.1. The lowest BCUT2D eigenvalue weighted by Crippen LogP contribution is -2.36. The van der Waals surface area contributed by atoms with Gasteiger partial charge in [-0.25, -0.2) is 27.8 Å². The fourth-order valence-corrected chi connectivity index (χ4v) is 6.25. The highest BCUT2D eigenvalue weighted by molar-refractivity contribution is 7.97. The van der Waals surface area contributed by atoms with Gasteiger partial charge in [0.2, 0.25) is 5.95 Å². The minimum Gasteiger partial charge on any atom is -0.351 e. The number of sulfonamides is 1. The average molecular weight is 618 g/mol. The number of fused-ring (bicyclic) bond motifs is 1. The normalized spacial score (nSPS) is 18.5. The van der Waals surface area contributed by atoms with Crippen LogP contribution in [0.15, 0.2) is 46.4 Å². The first kappa shape index (κ1) is 31.8. The van der Waals surface area contributed by atoms with E-state index in [2.05, 4.69) is 44.3 Å². The lowest BCUT2D eigenvalue weighted by Gasteiger charge is -2.32. The molecule has 1 aliphatic carbocycles. The molecule has 0 spiro atoms. The standard InChI is InChI=1S/C29H31F4N7O2S/c1-6-7-25(27(34-3)29(31,32)33)43(41,42)39-22-13-8-18(15-21(22)30)23-14-17(2)26-24(37-23)16-35-28(38-26)36-19-9-11-20(12-10-19)40(4)5/h1,7-8,13-16,19-20,39H,9-12H2,2-5H3,(H,35,36,38)/b25-7+,34-27?. The summed E-state index contributed by atoms with van der Waals surface area (Å²) in [5, 5.41) is 3.41. The molecule has 0 aliphatic heterocycles. The maximum Gasteiger partial charge on any atom is 0.434 e. The molecule has 0 bridgehead atoms. The summed E-state index contributed by atoms with van der Waals surface area (Å²) in [4.78, 5) is 17.6. The van der Waals surface area contributed by atoms with Crippen LogP contribution in [-0.2, 0) is 10.0 Å². The monoisotopic (exact) mass is 617 g/mol. The highest BCUT2D eigenvalue weighted by atomic mass is 32.2. The van der Waals surface area contributed by atoms with Crippen molar-refractivity contribution in [1.29, 1.82) is 0 Å². The van der Waals surface area contributed by atoms with Gasteiger partial charge in [0.05, 0.1) is 23.1 Å². The summed E-state index contributed by atoms with van der Waals surface area (Å²) in [6.07, 6.45) is 6.12. The van der Waals surface area contributed by atoms with Crippen LogP contribution in [0.3, 0.4) is 0 Å². The van der Waals surface area contributed by atoms with Gasteiger partial charge in [0.1, 0.15) is 16.2 Å². The molecule has 43 heavy (non-hydrogen) atoms. The SMILES string of the molecule is C#C/C=C(\C(=NC)C(F)(F)F)S(=O)(=O)Nc1ccc(-c2cc(C)c3nc(NC4CCC(N(C)C)CC4)ncc3n2)cc1F. The first-order valence-corrected chi connectivity index (χ1v) is 14.8. The van der Waals surface area contributed by atoms with E-state index in [0.29, 0.717) is 40.4 Å². The Hall–Kier alpha value is -4.09. The van der Waals surface area contributed by atoms with Crippen LogP contribution in [0.5, 0.6) is 0 Å². The Morgan fingerprint density at radius 1 is 1.16 bits per heavy atom. The molecule has 0 atom stereocenters. The Morgan fingerprint density at radius 3 is 2.44 bits per heavy atom. The van der Waals surface area contributed by atoms with Crippen LogP contribution < -0.4 is 10.0 Å². The van der Waals surface area contributed by atoms with Crippen LogP contribution in [0.4, 0.5) is 29.2 Å². The number of nitrogens with zero attached hydrogens (tertiary/aromatic N) is 5. The van der Waals surface area contributed by atoms with Crippen LogP contribution in [-0.4, -0.2) is 73.4 Å². The Labute approximate surface area is 247 Å². The van der Waals surface area contributed by atoms with Crippen molar-refractivity contribution >= 4 is 38.4 Å². The number of halogens is 4. The summed E-state index contributed by atoms with van der Waals surface area (Å²) < 4.78 is 82.6. The van der Waals surface area contributed by atoms with E-state index in [4.69, 9.17) is 6.42 Å². The molecular weight excluding hydrogens is 586 g/mol. The van der Waals surface area contributed by atoms with Crippen molar-refractivity contribution in [3.8, 4) is 23.6 Å². The van der Waals surface area contributed by atoms with Crippen molar-refractivity contribution in [2.75, 3.05) is 31.2 Å². The quantitative estimate of drug-likeness (QED) is 0.200. The second-order valence-corrected chi connectivity index (χ2v) is 12.1. The van der Waals surface area contributed by atoms with E-state index < -0.39 is 38.3 Å². The second kappa shape index (κ2) is 12.6. The van der Waals surface area contributed by atoms with Gasteiger partial charge in [0.15, 0.2) is 5.71 Å². The molecule has 2 aromatic heterocycles. The van der Waals surface area contributed by atoms with E-state index in [0.717, 1.165) is 50.4 Å². The fourth-order valence-electron chi connectivity index (χ4n) is 5.00. The molecule has 2 N–H and O–H groups in total. The lowest BCUT2D eigenvalue weighted by atomic mass is 9.91. The van der Waals surface area contributed by atoms with Gasteiger partial charge < -0.3 is 10.2 Å². The van der Waals surface area contributed by atoms with E-state index in [1.165, 1.54) is 6.07 Å². The number of aromatic nitrogens is 3. The minimum atomic E-state index is -5.11. The smallest absolute Gasteiger partial charge is 0.351 e. The molecule has 14 heteroatoms. The molecule has 0 saturated heterocycles. The molecule has 1 fully saturated rings. The van der Waals surface area contributed by atoms with Crippen LogP contribution >= 0.6 is 0 Å². The predicted molar refractivity (Wildman–Crippen MR) is 160 cm³/mol. The largest absolute Gasteiger partial charge is 0.434 e. The van der Waals surface area contributed by atoms with Gasteiger partial charge in [0.25, 0.3) is 10.0 Å². The van der Waals surface area contributed by atoms with Gasteiger partial charge in [-0.1, -0.05) is 12.0 Å². The van der Waals surface area contributed by atoms with Gasteiger partial charge in [-0.2, -0.15) is 13.2 Å². The Kier molecular flexibility index (Phi) is 9.36. The summed E-state index contributed by atoms with van der Waals surface area (Å²) in [5.41, 5.74) is 0.229. The highest BCUT2D eigenvalue weighted by Gasteiger charge is 2.42. The number of terminal acetylenes is 1. The zero-order chi connectivity index (χ0) is 31.5. The zero-order valence-electron chi connectivity index (χ0n) is 24.0. The molecule has 1 aliphatic rings. The molecule has 1 saturated carbocycles. The molecule has 0 amide bonds. The maximum atomic E-state index is 15.1. The number of anilines is 2. The number of allylic oxidation sites excluding steroid dienone is 2. The van der Waals surface area contributed by atoms with Crippen molar-refractivity contribution in [3.05, 3.63) is 52.8 Å². The fraction of sp³-hybridized carbons (Fsp3) is 0.379. The van der Waals surface area contributed by atoms with Gasteiger partial charge in [-0.05, 0) is 70.5 Å². The highest BCUT2D eigenvalue weighted by Crippen LogP contribution is 2.30. The van der Waals surface area contributed by atoms with Crippen LogP contribution in [0.1, 0.15) is 31.2 Å². The van der Waals surface area contributed by atoms with E-state index in [1.807, 2.05) is 11.6 Å². The summed E-state index contributed by atoms with van der Waals surface area (Å²) in [7, 11) is 0.00509. The van der Waals surface area contributed by atoms with Crippen molar-refractivity contribution in [2.45, 2.75) is 50.9 Å². The number of pyridine rings is 1. The first-order chi connectivity index (χ1) is 20.2. The topological polar surface area (TPSA) is 112 Å². The molecule has 2 heterocycles. The molecule has 1 aromatic carbocycles. The molecule has 3 aromatic rings. The van der Waals surface area contributed by atoms with Crippen molar-refractivity contribution in [1.82, 2.24) is 19.9 Å². The number of alkyl halides is 3. The number of aryl methyl sites for hydroxylation is 1. The first-order valence-electron chi connectivity index (χ1n) is 13.3. The summed E-state index contributed by atoms with van der Waals surface area (Å²) in [5.74, 6) is 1.22. The molecule has 0 radical (unpaired) electrons. The molecule has 228 valence electrons. The molecule has 0 unspecified atom stereocenters. The van der Waals surface area contributed by atoms with Crippen LogP contribution in [0.25, 0.3) is 22.3 Å². The van der Waals surface area contributed by atoms with Gasteiger partial charge in [0, 0.05) is 30.8 Å². The van der Waals surface area contributed by atoms with Gasteiger partial charge in [-0.3, -0.25) is 9.71 Å². The third-order valence-electron chi connectivity index (χ3n) is 7.24. The Balaban J connectivity index is 1.56. The van der Waals surface area contributed by atoms with Crippen LogP contribution in [0, 0.1) is 25.1 Å². The number of hydrogen-bond donors (Lipinski definition) is 2. The van der Waals surface area contributed by atoms with E-state index in [9.17, 15) is 21.6 Å². The summed E-state index contributed by atoms with van der Waals surface area (Å²) >= 11 is 0. The number of nitrogens with one attached hydrogen (secondary N) is 2. The molecule has 9 nitrogen and oxygen atoms in total. The van der Waals surface area contributed by atoms with Crippen LogP contribution in [0.2, 0.25) is 0 Å². The number of hydrogen-bond acceptors (Lipinski definition) is 8. The van der Waals surface area contributed by atoms with Crippen molar-refractivity contribution in [2.24, 2.45) is 4.99 Å². The Morgan fingerprint density at radius 2 is 1.86 bits per heavy atom. The molecular formula is C29H31F4N7O2S. The Bertz CT molecular complexity index is 1720. The van der Waals surface area contributed by atoms with E-state index in [1.54, 1.807) is 18.2 Å². The number of rotatable bonds is 8. The van der Waals surface area contributed by atoms with Crippen molar-refractivity contribution < 1.29 is 26.0 Å². The summed E-state index contributed by atoms with van der Waals surface area (Å²) in [6, 6.07) is 6.05. The molecule has 4 rings (SSSR count). The second-order valence-electron chi connectivity index (χ2n) is 10.4. The average Bonchev–Trinajstić information content (AvgIpc) is 2.94. The third-order valence-corrected chi connectivity index (χ3v) is 8.61. The minimum absolute atomic E-state index is 0.271. The van der Waals surface area contributed by atoms with E-state index >= 15 is 4.39 Å². The number of aliphatic imine (C=N–C) groups is 1. The lowest BCUT2D eigenvalue weighted by molar-refractivity contribution is -0.0580. The van der Waals surface area contributed by atoms with Gasteiger partial charge in [-0.15, -0.1) is 6.42 Å². The summed E-state index contributed by atoms with van der Waals surface area (Å²) in [6.45, 7) is 1.83. The number of benzene rings is 1. The third kappa shape index (κ3) is 7.29. The van der Waals surface area contributed by atoms with Crippen molar-refractivity contribution in [3.63, 3.8) is 0 Å². The van der Waals surface area contributed by atoms with Gasteiger partial charge >= 0.3 is 6.18 Å².